The molecule has 16 heavy (non-hydrogen) atoms. The smallest absolute Gasteiger partial charge is 0.240 e. The van der Waals surface area contributed by atoms with E-state index in [-0.39, 0.29) is 5.91 Å². The first-order valence-electron chi connectivity index (χ1n) is 5.27. The van der Waals surface area contributed by atoms with Crippen LogP contribution in [-0.2, 0) is 11.3 Å². The Bertz CT molecular complexity index is 440. The normalized spacial score (nSPS) is 16.2. The number of carbonyl (C=O) groups is 1. The van der Waals surface area contributed by atoms with Gasteiger partial charge in [0.25, 0.3) is 0 Å². The summed E-state index contributed by atoms with van der Waals surface area (Å²) in [5.41, 5.74) is 1.16. The number of amides is 1. The summed E-state index contributed by atoms with van der Waals surface area (Å²) in [6.45, 7) is 2.35. The molecule has 0 radical (unpaired) electrons. The highest BCUT2D eigenvalue weighted by Gasteiger charge is 2.50. The molecule has 1 heterocycles. The van der Waals surface area contributed by atoms with Crippen LogP contribution < -0.4 is 5.32 Å². The lowest BCUT2D eigenvalue weighted by Crippen LogP contribution is -2.30. The van der Waals surface area contributed by atoms with Crippen LogP contribution in [-0.4, -0.2) is 10.9 Å². The van der Waals surface area contributed by atoms with Crippen molar-refractivity contribution in [2.24, 2.45) is 5.41 Å². The number of nitriles is 1. The molecule has 1 fully saturated rings. The summed E-state index contributed by atoms with van der Waals surface area (Å²) in [5, 5.41) is 11.6. The average molecular weight is 215 g/mol. The van der Waals surface area contributed by atoms with Gasteiger partial charge in [0, 0.05) is 18.4 Å². The molecule has 1 N–H and O–H groups in total. The lowest BCUT2D eigenvalue weighted by Gasteiger charge is -2.07. The van der Waals surface area contributed by atoms with E-state index in [1.807, 2.05) is 19.1 Å². The Morgan fingerprint density at radius 1 is 1.62 bits per heavy atom. The molecule has 0 bridgehead atoms. The molecule has 0 aliphatic heterocycles. The van der Waals surface area contributed by atoms with Gasteiger partial charge in [0.1, 0.15) is 5.41 Å². The molecule has 1 aromatic heterocycles. The molecule has 1 aliphatic rings. The van der Waals surface area contributed by atoms with E-state index in [1.54, 1.807) is 6.20 Å². The molecule has 4 heteroatoms. The molecular weight excluding hydrogens is 202 g/mol. The number of rotatable bonds is 3. The summed E-state index contributed by atoms with van der Waals surface area (Å²) in [7, 11) is 0. The topological polar surface area (TPSA) is 65.8 Å². The van der Waals surface area contributed by atoms with Gasteiger partial charge in [-0.1, -0.05) is 6.07 Å². The van der Waals surface area contributed by atoms with Crippen LogP contribution in [0.2, 0.25) is 0 Å². The highest BCUT2D eigenvalue weighted by Crippen LogP contribution is 2.44. The summed E-state index contributed by atoms with van der Waals surface area (Å²) in [4.78, 5) is 15.8. The third-order valence-electron chi connectivity index (χ3n) is 2.82. The first-order valence-corrected chi connectivity index (χ1v) is 5.27. The maximum atomic E-state index is 11.6. The Morgan fingerprint density at radius 2 is 2.38 bits per heavy atom. The zero-order valence-electron chi connectivity index (χ0n) is 9.16. The number of carbonyl (C=O) groups excluding carboxylic acids is 1. The van der Waals surface area contributed by atoms with Crippen LogP contribution in [0.3, 0.4) is 0 Å². The van der Waals surface area contributed by atoms with Crippen LogP contribution in [0.15, 0.2) is 18.3 Å². The molecule has 0 atom stereocenters. The number of aromatic nitrogens is 1. The molecule has 0 saturated heterocycles. The number of aryl methyl sites for hydroxylation is 1. The third kappa shape index (κ3) is 2.03. The number of hydrogen-bond acceptors (Lipinski definition) is 3. The van der Waals surface area contributed by atoms with Crippen molar-refractivity contribution in [2.75, 3.05) is 0 Å². The van der Waals surface area contributed by atoms with E-state index in [9.17, 15) is 4.79 Å². The highest BCUT2D eigenvalue weighted by molar-refractivity contribution is 5.88. The largest absolute Gasteiger partial charge is 0.351 e. The van der Waals surface area contributed by atoms with Crippen molar-refractivity contribution < 1.29 is 4.79 Å². The van der Waals surface area contributed by atoms with E-state index >= 15 is 0 Å². The second-order valence-electron chi connectivity index (χ2n) is 4.18. The molecule has 0 spiro atoms. The van der Waals surface area contributed by atoms with Gasteiger partial charge in [-0.15, -0.1) is 0 Å². The fraction of sp³-hybridized carbons (Fsp3) is 0.417. The fourth-order valence-electron chi connectivity index (χ4n) is 1.47. The van der Waals surface area contributed by atoms with Crippen LogP contribution in [0, 0.1) is 23.7 Å². The van der Waals surface area contributed by atoms with Crippen molar-refractivity contribution in [2.45, 2.75) is 26.3 Å². The minimum absolute atomic E-state index is 0.157. The standard InChI is InChI=1S/C12H13N3O/c1-9-2-3-10(6-14-9)7-15-11(16)12(8-13)4-5-12/h2-3,6H,4-5,7H2,1H3,(H,15,16). The lowest BCUT2D eigenvalue weighted by atomic mass is 10.1. The van der Waals surface area contributed by atoms with E-state index in [2.05, 4.69) is 16.4 Å². The lowest BCUT2D eigenvalue weighted by molar-refractivity contribution is -0.124. The Labute approximate surface area is 94.3 Å². The molecule has 1 aromatic rings. The molecule has 4 nitrogen and oxygen atoms in total. The van der Waals surface area contributed by atoms with E-state index in [0.29, 0.717) is 19.4 Å². The fourth-order valence-corrected chi connectivity index (χ4v) is 1.47. The van der Waals surface area contributed by atoms with E-state index in [0.717, 1.165) is 11.3 Å². The van der Waals surface area contributed by atoms with Gasteiger partial charge < -0.3 is 5.32 Å². The van der Waals surface area contributed by atoms with Crippen LogP contribution in [0.4, 0.5) is 0 Å². The van der Waals surface area contributed by atoms with Gasteiger partial charge in [0.15, 0.2) is 0 Å². The van der Waals surface area contributed by atoms with Crippen molar-refractivity contribution >= 4 is 5.91 Å². The van der Waals surface area contributed by atoms with Crippen LogP contribution in [0.25, 0.3) is 0 Å². The first kappa shape index (κ1) is 10.6. The number of nitrogens with one attached hydrogen (secondary N) is 1. The van der Waals surface area contributed by atoms with Crippen molar-refractivity contribution in [1.29, 1.82) is 5.26 Å². The monoisotopic (exact) mass is 215 g/mol. The van der Waals surface area contributed by atoms with E-state index < -0.39 is 5.41 Å². The summed E-state index contributed by atoms with van der Waals surface area (Å²) >= 11 is 0. The van der Waals surface area contributed by atoms with Gasteiger partial charge in [-0.05, 0) is 31.4 Å². The van der Waals surface area contributed by atoms with Crippen molar-refractivity contribution in [3.05, 3.63) is 29.6 Å². The maximum absolute atomic E-state index is 11.6. The van der Waals surface area contributed by atoms with Crippen molar-refractivity contribution in [1.82, 2.24) is 10.3 Å². The SMILES string of the molecule is Cc1ccc(CNC(=O)C2(C#N)CC2)cn1. The molecule has 82 valence electrons. The Morgan fingerprint density at radius 3 is 2.88 bits per heavy atom. The summed E-state index contributed by atoms with van der Waals surface area (Å²) < 4.78 is 0. The molecule has 1 saturated carbocycles. The minimum atomic E-state index is -0.738. The van der Waals surface area contributed by atoms with Crippen molar-refractivity contribution in [3.63, 3.8) is 0 Å². The second kappa shape index (κ2) is 3.93. The summed E-state index contributed by atoms with van der Waals surface area (Å²) in [6.07, 6.45) is 3.10. The number of hydrogen-bond donors (Lipinski definition) is 1. The van der Waals surface area contributed by atoms with E-state index in [4.69, 9.17) is 5.26 Å². The molecule has 2 rings (SSSR count). The first-order chi connectivity index (χ1) is 7.66. The van der Waals surface area contributed by atoms with Gasteiger partial charge in [-0.25, -0.2) is 0 Å². The number of pyridine rings is 1. The summed E-state index contributed by atoms with van der Waals surface area (Å²) in [5.74, 6) is -0.157. The van der Waals surface area contributed by atoms with E-state index in [1.165, 1.54) is 0 Å². The Balaban J connectivity index is 1.91. The van der Waals surface area contributed by atoms with Crippen LogP contribution >= 0.6 is 0 Å². The quantitative estimate of drug-likeness (QED) is 0.826. The van der Waals surface area contributed by atoms with Gasteiger partial charge >= 0.3 is 0 Å². The zero-order valence-corrected chi connectivity index (χ0v) is 9.16. The number of nitrogens with zero attached hydrogens (tertiary/aromatic N) is 2. The van der Waals surface area contributed by atoms with Gasteiger partial charge in [-0.2, -0.15) is 5.26 Å². The minimum Gasteiger partial charge on any atom is -0.351 e. The predicted molar refractivity (Wildman–Crippen MR) is 58.1 cm³/mol. The van der Waals surface area contributed by atoms with Gasteiger partial charge in [0.2, 0.25) is 5.91 Å². The maximum Gasteiger partial charge on any atom is 0.240 e. The molecule has 1 amide bonds. The third-order valence-corrected chi connectivity index (χ3v) is 2.82. The zero-order chi connectivity index (χ0) is 11.6. The molecule has 0 unspecified atom stereocenters. The Hall–Kier alpha value is -1.89. The molecule has 1 aliphatic carbocycles. The molecular formula is C12H13N3O. The van der Waals surface area contributed by atoms with Crippen LogP contribution in [0.1, 0.15) is 24.1 Å². The Kier molecular flexibility index (Phi) is 2.61. The average Bonchev–Trinajstić information content (AvgIpc) is 3.09. The highest BCUT2D eigenvalue weighted by atomic mass is 16.2. The van der Waals surface area contributed by atoms with Gasteiger partial charge in [-0.3, -0.25) is 9.78 Å². The van der Waals surface area contributed by atoms with Crippen molar-refractivity contribution in [3.8, 4) is 6.07 Å². The predicted octanol–water partition coefficient (Wildman–Crippen LogP) is 1.31. The summed E-state index contributed by atoms with van der Waals surface area (Å²) in [6, 6.07) is 5.90. The molecule has 0 aromatic carbocycles. The van der Waals surface area contributed by atoms with Gasteiger partial charge in [0.05, 0.1) is 6.07 Å². The van der Waals surface area contributed by atoms with Crippen LogP contribution in [0.5, 0.6) is 0 Å². The second-order valence-corrected chi connectivity index (χ2v) is 4.18.